The molecular weight excluding hydrogens is 202 g/mol. The van der Waals surface area contributed by atoms with E-state index in [2.05, 4.69) is 16.6 Å². The number of carbonyl (C=O) groups is 1. The first kappa shape index (κ1) is 11.2. The van der Waals surface area contributed by atoms with Gasteiger partial charge in [-0.2, -0.15) is 0 Å². The minimum atomic E-state index is -0.730. The van der Waals surface area contributed by atoms with Crippen LogP contribution in [0.4, 0.5) is 8.78 Å². The number of ether oxygens (including phenoxy) is 1. The topological polar surface area (TPSA) is 26.3 Å². The highest BCUT2D eigenvalue weighted by molar-refractivity contribution is 5.88. The molecule has 0 amide bonds. The maximum absolute atomic E-state index is 13.0. The van der Waals surface area contributed by atoms with Crippen LogP contribution in [0.25, 0.3) is 0 Å². The van der Waals surface area contributed by atoms with Crippen molar-refractivity contribution in [3.05, 3.63) is 35.4 Å². The third kappa shape index (κ3) is 3.06. The SMILES string of the molecule is COC(=O)C#CCc1c(F)cccc1F. The molecule has 0 saturated heterocycles. The van der Waals surface area contributed by atoms with Crippen LogP contribution in [0.1, 0.15) is 5.56 Å². The third-order valence-electron chi connectivity index (χ3n) is 1.70. The van der Waals surface area contributed by atoms with Crippen molar-refractivity contribution in [1.29, 1.82) is 0 Å². The molecule has 1 aromatic carbocycles. The van der Waals surface area contributed by atoms with Gasteiger partial charge in [0.05, 0.1) is 7.11 Å². The van der Waals surface area contributed by atoms with Gasteiger partial charge in [0.2, 0.25) is 0 Å². The van der Waals surface area contributed by atoms with Gasteiger partial charge >= 0.3 is 5.97 Å². The van der Waals surface area contributed by atoms with Crippen molar-refractivity contribution >= 4 is 5.97 Å². The molecule has 0 aliphatic carbocycles. The first-order valence-electron chi connectivity index (χ1n) is 4.15. The number of hydrogen-bond acceptors (Lipinski definition) is 2. The molecule has 15 heavy (non-hydrogen) atoms. The van der Waals surface area contributed by atoms with E-state index in [1.54, 1.807) is 0 Å². The zero-order valence-electron chi connectivity index (χ0n) is 8.01. The Morgan fingerprint density at radius 1 is 1.40 bits per heavy atom. The zero-order chi connectivity index (χ0) is 11.3. The summed E-state index contributed by atoms with van der Waals surface area (Å²) in [6, 6.07) is 3.54. The summed E-state index contributed by atoms with van der Waals surface area (Å²) in [5.41, 5.74) is -0.145. The molecule has 0 aliphatic rings. The quantitative estimate of drug-likeness (QED) is 0.400. The highest BCUT2D eigenvalue weighted by Gasteiger charge is 2.05. The van der Waals surface area contributed by atoms with Gasteiger partial charge in [0.15, 0.2) is 0 Å². The molecule has 78 valence electrons. The van der Waals surface area contributed by atoms with Crippen LogP contribution < -0.4 is 0 Å². The van der Waals surface area contributed by atoms with Crippen molar-refractivity contribution < 1.29 is 18.3 Å². The molecule has 0 N–H and O–H groups in total. The average Bonchev–Trinajstić information content (AvgIpc) is 2.22. The summed E-state index contributed by atoms with van der Waals surface area (Å²) in [5.74, 6) is 2.35. The maximum atomic E-state index is 13.0. The first-order valence-corrected chi connectivity index (χ1v) is 4.15. The van der Waals surface area contributed by atoms with E-state index >= 15 is 0 Å². The van der Waals surface area contributed by atoms with Crippen molar-refractivity contribution in [3.8, 4) is 11.8 Å². The average molecular weight is 210 g/mol. The van der Waals surface area contributed by atoms with Gasteiger partial charge in [0, 0.05) is 17.9 Å². The van der Waals surface area contributed by atoms with Crippen LogP contribution in [-0.4, -0.2) is 13.1 Å². The van der Waals surface area contributed by atoms with E-state index in [1.807, 2.05) is 0 Å². The Morgan fingerprint density at radius 2 is 2.00 bits per heavy atom. The molecule has 0 aromatic heterocycles. The van der Waals surface area contributed by atoms with Crippen LogP contribution in [0.2, 0.25) is 0 Å². The lowest BCUT2D eigenvalue weighted by molar-refractivity contribution is -0.133. The van der Waals surface area contributed by atoms with Gasteiger partial charge in [-0.3, -0.25) is 0 Å². The summed E-state index contributed by atoms with van der Waals surface area (Å²) in [4.78, 5) is 10.6. The standard InChI is InChI=1S/C11H8F2O2/c1-15-11(14)7-2-4-8-9(12)5-3-6-10(8)13/h3,5-6H,4H2,1H3. The number of esters is 1. The fourth-order valence-corrected chi connectivity index (χ4v) is 0.957. The van der Waals surface area contributed by atoms with Crippen LogP contribution in [0, 0.1) is 23.5 Å². The van der Waals surface area contributed by atoms with E-state index in [9.17, 15) is 13.6 Å². The minimum Gasteiger partial charge on any atom is -0.459 e. The van der Waals surface area contributed by atoms with E-state index in [0.29, 0.717) is 0 Å². The number of carbonyl (C=O) groups excluding carboxylic acids is 1. The number of rotatable bonds is 1. The van der Waals surface area contributed by atoms with Crippen LogP contribution in [-0.2, 0) is 16.0 Å². The van der Waals surface area contributed by atoms with Crippen molar-refractivity contribution in [1.82, 2.24) is 0 Å². The van der Waals surface area contributed by atoms with Crippen molar-refractivity contribution in [2.24, 2.45) is 0 Å². The Hall–Kier alpha value is -1.89. The van der Waals surface area contributed by atoms with Crippen LogP contribution in [0.15, 0.2) is 18.2 Å². The summed E-state index contributed by atoms with van der Waals surface area (Å²) in [5, 5.41) is 0. The molecule has 0 fully saturated rings. The van der Waals surface area contributed by atoms with E-state index in [-0.39, 0.29) is 12.0 Å². The van der Waals surface area contributed by atoms with Gasteiger partial charge in [-0.05, 0) is 12.1 Å². The molecule has 0 radical (unpaired) electrons. The first-order chi connectivity index (χ1) is 7.15. The Labute approximate surface area is 85.9 Å². The van der Waals surface area contributed by atoms with Gasteiger partial charge in [-0.1, -0.05) is 12.0 Å². The van der Waals surface area contributed by atoms with Crippen molar-refractivity contribution in [2.75, 3.05) is 7.11 Å². The molecule has 0 atom stereocenters. The highest BCUT2D eigenvalue weighted by atomic mass is 19.1. The summed E-state index contributed by atoms with van der Waals surface area (Å²) in [6.07, 6.45) is -0.159. The molecule has 0 saturated carbocycles. The van der Waals surface area contributed by atoms with Gasteiger partial charge in [-0.25, -0.2) is 13.6 Å². The van der Waals surface area contributed by atoms with Crippen molar-refractivity contribution in [2.45, 2.75) is 6.42 Å². The second-order valence-electron chi connectivity index (χ2n) is 2.67. The number of benzene rings is 1. The number of methoxy groups -OCH3 is 1. The normalized spacial score (nSPS) is 9.00. The molecule has 2 nitrogen and oxygen atoms in total. The molecule has 0 heterocycles. The van der Waals surface area contributed by atoms with E-state index in [0.717, 1.165) is 12.1 Å². The minimum absolute atomic E-state index is 0.145. The van der Waals surface area contributed by atoms with E-state index in [4.69, 9.17) is 0 Å². The van der Waals surface area contributed by atoms with Crippen molar-refractivity contribution in [3.63, 3.8) is 0 Å². The van der Waals surface area contributed by atoms with E-state index in [1.165, 1.54) is 13.2 Å². The Balaban J connectivity index is 2.80. The summed E-state index contributed by atoms with van der Waals surface area (Å²) < 4.78 is 30.3. The fraction of sp³-hybridized carbons (Fsp3) is 0.182. The molecule has 0 unspecified atom stereocenters. The number of halogens is 2. The van der Waals surface area contributed by atoms with Gasteiger partial charge in [0.25, 0.3) is 0 Å². The smallest absolute Gasteiger partial charge is 0.384 e. The Kier molecular flexibility index (Phi) is 3.81. The predicted molar refractivity (Wildman–Crippen MR) is 49.9 cm³/mol. The number of hydrogen-bond donors (Lipinski definition) is 0. The molecule has 0 spiro atoms. The molecular formula is C11H8F2O2. The van der Waals surface area contributed by atoms with Crippen LogP contribution in [0.5, 0.6) is 0 Å². The molecule has 1 aromatic rings. The van der Waals surface area contributed by atoms with Crippen LogP contribution in [0.3, 0.4) is 0 Å². The maximum Gasteiger partial charge on any atom is 0.384 e. The molecule has 1 rings (SSSR count). The van der Waals surface area contributed by atoms with Gasteiger partial charge in [-0.15, -0.1) is 0 Å². The zero-order valence-corrected chi connectivity index (χ0v) is 8.01. The molecule has 0 bridgehead atoms. The Morgan fingerprint density at radius 3 is 2.53 bits per heavy atom. The second-order valence-corrected chi connectivity index (χ2v) is 2.67. The summed E-state index contributed by atoms with van der Waals surface area (Å²) in [6.45, 7) is 0. The predicted octanol–water partition coefficient (Wildman–Crippen LogP) is 1.68. The second kappa shape index (κ2) is 5.11. The monoisotopic (exact) mass is 210 g/mol. The van der Waals surface area contributed by atoms with Crippen LogP contribution >= 0.6 is 0 Å². The lowest BCUT2D eigenvalue weighted by Gasteiger charge is -1.98. The van der Waals surface area contributed by atoms with E-state index < -0.39 is 17.6 Å². The summed E-state index contributed by atoms with van der Waals surface area (Å²) >= 11 is 0. The third-order valence-corrected chi connectivity index (χ3v) is 1.70. The highest BCUT2D eigenvalue weighted by Crippen LogP contribution is 2.11. The largest absolute Gasteiger partial charge is 0.459 e. The van der Waals surface area contributed by atoms with Gasteiger partial charge in [0.1, 0.15) is 11.6 Å². The van der Waals surface area contributed by atoms with Gasteiger partial charge < -0.3 is 4.74 Å². The fourth-order valence-electron chi connectivity index (χ4n) is 0.957. The Bertz CT molecular complexity index is 410. The molecule has 0 aliphatic heterocycles. The molecule has 4 heteroatoms. The lowest BCUT2D eigenvalue weighted by Crippen LogP contribution is -1.97. The lowest BCUT2D eigenvalue weighted by atomic mass is 10.1. The summed E-state index contributed by atoms with van der Waals surface area (Å²) in [7, 11) is 1.18.